The average molecular weight is 668 g/mol. The van der Waals surface area contributed by atoms with E-state index in [0.29, 0.717) is 42.7 Å². The standard InChI is InChI=1S/C37H49NO10/c1-2-3-4-7-11-16-28(39)17-12-8-5-6-9-15-20-31(37(47,36(45)46)26-33(40)41)34(42)38-32(35(43)44)25-27-21-23-30(24-22-27)48-29-18-13-10-14-19-29/h10,13-15,18-24,31-32,47H,2-9,11-12,16-17,25-26H2,1H3,(H,38,42)(H,40,41)(H,43,44)(H,45,46)/t31-,32+,37+/m1/s1. The molecular weight excluding hydrogens is 618 g/mol. The molecule has 2 rings (SSSR count). The van der Waals surface area contributed by atoms with E-state index in [-0.39, 0.29) is 12.2 Å². The second-order valence-electron chi connectivity index (χ2n) is 12.0. The molecule has 0 heterocycles. The number of carboxylic acid groups (broad SMARTS) is 3. The normalized spacial score (nSPS) is 13.7. The number of rotatable bonds is 25. The highest BCUT2D eigenvalue weighted by atomic mass is 16.5. The quantitative estimate of drug-likeness (QED) is 0.0592. The summed E-state index contributed by atoms with van der Waals surface area (Å²) in [6, 6.07) is 14.1. The number of allylic oxidation sites excluding steroid dienone is 1. The number of para-hydroxylation sites is 1. The van der Waals surface area contributed by atoms with Crippen LogP contribution in [0, 0.1) is 5.92 Å². The molecule has 0 aromatic heterocycles. The third-order valence-electron chi connectivity index (χ3n) is 8.01. The molecular formula is C37H49NO10. The van der Waals surface area contributed by atoms with Crippen molar-refractivity contribution in [2.45, 2.75) is 108 Å². The molecule has 0 aliphatic heterocycles. The lowest BCUT2D eigenvalue weighted by Crippen LogP contribution is -2.55. The van der Waals surface area contributed by atoms with Gasteiger partial charge < -0.3 is 30.5 Å². The van der Waals surface area contributed by atoms with Crippen LogP contribution in [0.1, 0.15) is 96.0 Å². The molecule has 11 nitrogen and oxygen atoms in total. The van der Waals surface area contributed by atoms with Gasteiger partial charge in [-0.15, -0.1) is 0 Å². The first-order chi connectivity index (χ1) is 23.0. The van der Waals surface area contributed by atoms with E-state index in [9.17, 15) is 44.4 Å². The summed E-state index contributed by atoms with van der Waals surface area (Å²) < 4.78 is 5.74. The minimum atomic E-state index is -3.03. The molecule has 0 saturated heterocycles. The first kappa shape index (κ1) is 39.7. The van der Waals surface area contributed by atoms with Crippen LogP contribution < -0.4 is 10.1 Å². The van der Waals surface area contributed by atoms with E-state index in [4.69, 9.17) is 4.74 Å². The summed E-state index contributed by atoms with van der Waals surface area (Å²) >= 11 is 0. The molecule has 262 valence electrons. The lowest BCUT2D eigenvalue weighted by Gasteiger charge is -2.29. The van der Waals surface area contributed by atoms with E-state index in [1.165, 1.54) is 12.5 Å². The van der Waals surface area contributed by atoms with Crippen LogP contribution in [0.4, 0.5) is 0 Å². The molecule has 1 amide bonds. The van der Waals surface area contributed by atoms with Crippen molar-refractivity contribution in [3.05, 3.63) is 72.3 Å². The van der Waals surface area contributed by atoms with Gasteiger partial charge in [0.2, 0.25) is 5.91 Å². The third kappa shape index (κ3) is 14.5. The molecule has 48 heavy (non-hydrogen) atoms. The monoisotopic (exact) mass is 667 g/mol. The minimum absolute atomic E-state index is 0.172. The van der Waals surface area contributed by atoms with Gasteiger partial charge in [0.1, 0.15) is 23.3 Å². The number of carboxylic acids is 3. The lowest BCUT2D eigenvalue weighted by atomic mass is 9.82. The summed E-state index contributed by atoms with van der Waals surface area (Å²) in [5, 5.41) is 42.1. The minimum Gasteiger partial charge on any atom is -0.481 e. The predicted molar refractivity (Wildman–Crippen MR) is 180 cm³/mol. The van der Waals surface area contributed by atoms with Crippen LogP contribution in [0.25, 0.3) is 0 Å². The molecule has 11 heteroatoms. The van der Waals surface area contributed by atoms with Crippen molar-refractivity contribution in [3.8, 4) is 11.5 Å². The Hall–Kier alpha value is -4.51. The number of unbranched alkanes of at least 4 members (excludes halogenated alkanes) is 8. The van der Waals surface area contributed by atoms with Crippen molar-refractivity contribution >= 4 is 29.6 Å². The predicted octanol–water partition coefficient (Wildman–Crippen LogP) is 6.32. The first-order valence-corrected chi connectivity index (χ1v) is 16.7. The highest BCUT2D eigenvalue weighted by Gasteiger charge is 2.49. The van der Waals surface area contributed by atoms with Gasteiger partial charge in [-0.3, -0.25) is 14.4 Å². The molecule has 0 fully saturated rings. The van der Waals surface area contributed by atoms with Crippen LogP contribution in [0.3, 0.4) is 0 Å². The molecule has 5 N–H and O–H groups in total. The van der Waals surface area contributed by atoms with Gasteiger partial charge in [0.15, 0.2) is 5.60 Å². The highest BCUT2D eigenvalue weighted by molar-refractivity contribution is 5.94. The Balaban J connectivity index is 2.00. The number of benzene rings is 2. The lowest BCUT2D eigenvalue weighted by molar-refractivity contribution is -0.172. The summed E-state index contributed by atoms with van der Waals surface area (Å²) in [5.41, 5.74) is -2.49. The van der Waals surface area contributed by atoms with Gasteiger partial charge in [-0.2, -0.15) is 0 Å². The fraction of sp³-hybridized carbons (Fsp3) is 0.486. The summed E-state index contributed by atoms with van der Waals surface area (Å²) in [6.45, 7) is 2.15. The van der Waals surface area contributed by atoms with E-state index >= 15 is 0 Å². The molecule has 2 aromatic rings. The summed E-state index contributed by atoms with van der Waals surface area (Å²) in [6.07, 6.45) is 11.2. The van der Waals surface area contributed by atoms with E-state index < -0.39 is 47.8 Å². The SMILES string of the molecule is CCCCCCCC(=O)CCCCCCC=C[C@H](C(=O)N[C@@H](Cc1ccc(Oc2ccccc2)cc1)C(=O)O)[C@@](O)(CC(=O)O)C(=O)O. The Morgan fingerprint density at radius 1 is 0.792 bits per heavy atom. The fourth-order valence-electron chi connectivity index (χ4n) is 5.25. The highest BCUT2D eigenvalue weighted by Crippen LogP contribution is 2.26. The molecule has 0 aliphatic carbocycles. The first-order valence-electron chi connectivity index (χ1n) is 16.7. The van der Waals surface area contributed by atoms with Gasteiger partial charge in [0.25, 0.3) is 0 Å². The van der Waals surface area contributed by atoms with E-state index in [0.717, 1.165) is 51.0 Å². The number of aliphatic hydroxyl groups is 1. The second-order valence-corrected chi connectivity index (χ2v) is 12.0. The van der Waals surface area contributed by atoms with E-state index in [1.54, 1.807) is 36.4 Å². The molecule has 2 aromatic carbocycles. The van der Waals surface area contributed by atoms with Crippen molar-refractivity contribution in [1.82, 2.24) is 5.32 Å². The molecule has 0 aliphatic rings. The van der Waals surface area contributed by atoms with E-state index in [2.05, 4.69) is 12.2 Å². The maximum Gasteiger partial charge on any atom is 0.337 e. The Labute approximate surface area is 282 Å². The molecule has 0 radical (unpaired) electrons. The summed E-state index contributed by atoms with van der Waals surface area (Å²) in [4.78, 5) is 61.0. The second kappa shape index (κ2) is 21.4. The van der Waals surface area contributed by atoms with Crippen LogP contribution >= 0.6 is 0 Å². The van der Waals surface area contributed by atoms with E-state index in [1.807, 2.05) is 18.2 Å². The number of ether oxygens (including phenoxy) is 1. The smallest absolute Gasteiger partial charge is 0.337 e. The molecule has 0 bridgehead atoms. The fourth-order valence-corrected chi connectivity index (χ4v) is 5.25. The van der Waals surface area contributed by atoms with Crippen molar-refractivity contribution < 1.29 is 49.1 Å². The molecule has 0 saturated carbocycles. The number of hydrogen-bond donors (Lipinski definition) is 5. The Kier molecular flexibility index (Phi) is 17.7. The van der Waals surface area contributed by atoms with Crippen LogP contribution in [0.5, 0.6) is 11.5 Å². The van der Waals surface area contributed by atoms with Crippen LogP contribution in [0.15, 0.2) is 66.7 Å². The van der Waals surface area contributed by atoms with Crippen molar-refractivity contribution in [2.75, 3.05) is 0 Å². The maximum atomic E-state index is 13.3. The van der Waals surface area contributed by atoms with Crippen molar-refractivity contribution in [3.63, 3.8) is 0 Å². The number of aliphatic carboxylic acids is 3. The Morgan fingerprint density at radius 3 is 1.94 bits per heavy atom. The Bertz CT molecular complexity index is 1340. The number of Topliss-reactive ketones (excluding diaryl/α,β-unsaturated/α-hetero) is 1. The van der Waals surface area contributed by atoms with Gasteiger partial charge in [0.05, 0.1) is 12.3 Å². The van der Waals surface area contributed by atoms with Crippen molar-refractivity contribution in [2.24, 2.45) is 5.92 Å². The average Bonchev–Trinajstić information content (AvgIpc) is 3.04. The topological polar surface area (TPSA) is 188 Å². The van der Waals surface area contributed by atoms with Gasteiger partial charge >= 0.3 is 17.9 Å². The summed E-state index contributed by atoms with van der Waals surface area (Å²) in [7, 11) is 0. The number of hydrogen-bond acceptors (Lipinski definition) is 7. The number of nitrogens with one attached hydrogen (secondary N) is 1. The van der Waals surface area contributed by atoms with Gasteiger partial charge in [-0.05, 0) is 55.5 Å². The molecule has 3 atom stereocenters. The van der Waals surface area contributed by atoms with Crippen molar-refractivity contribution in [1.29, 1.82) is 0 Å². The molecule has 0 unspecified atom stereocenters. The third-order valence-corrected chi connectivity index (χ3v) is 8.01. The zero-order chi connectivity index (χ0) is 35.4. The largest absolute Gasteiger partial charge is 0.481 e. The van der Waals surface area contributed by atoms with Crippen LogP contribution in [-0.4, -0.2) is 61.7 Å². The Morgan fingerprint density at radius 2 is 1.38 bits per heavy atom. The van der Waals surface area contributed by atoms with Gasteiger partial charge in [0, 0.05) is 19.3 Å². The zero-order valence-corrected chi connectivity index (χ0v) is 27.6. The maximum absolute atomic E-state index is 13.3. The van der Waals surface area contributed by atoms with Crippen LogP contribution in [-0.2, 0) is 30.4 Å². The number of carbonyl (C=O) groups is 5. The molecule has 0 spiro atoms. The number of ketones is 1. The number of amides is 1. The van der Waals surface area contributed by atoms with Gasteiger partial charge in [-0.1, -0.05) is 87.9 Å². The zero-order valence-electron chi connectivity index (χ0n) is 27.6. The number of carbonyl (C=O) groups excluding carboxylic acids is 2. The summed E-state index contributed by atoms with van der Waals surface area (Å²) in [5.74, 6) is -6.61. The van der Waals surface area contributed by atoms with Crippen LogP contribution in [0.2, 0.25) is 0 Å². The van der Waals surface area contributed by atoms with Gasteiger partial charge in [-0.25, -0.2) is 9.59 Å².